The van der Waals surface area contributed by atoms with Gasteiger partial charge in [-0.2, -0.15) is 0 Å². The fourth-order valence-electron chi connectivity index (χ4n) is 2.40. The van der Waals surface area contributed by atoms with Crippen LogP contribution < -0.4 is 10.6 Å². The highest BCUT2D eigenvalue weighted by atomic mass is 19.1. The molecule has 1 amide bonds. The minimum absolute atomic E-state index is 0.172. The number of amides is 1. The van der Waals surface area contributed by atoms with Crippen molar-refractivity contribution in [1.82, 2.24) is 4.98 Å². The Balaban J connectivity index is 1.72. The molecule has 1 heterocycles. The van der Waals surface area contributed by atoms with Crippen LogP contribution in [0.5, 0.6) is 0 Å². The molecule has 0 radical (unpaired) electrons. The van der Waals surface area contributed by atoms with Crippen molar-refractivity contribution in [3.63, 3.8) is 0 Å². The molecule has 27 heavy (non-hydrogen) atoms. The number of para-hydroxylation sites is 1. The van der Waals surface area contributed by atoms with Gasteiger partial charge in [0, 0.05) is 5.69 Å². The Morgan fingerprint density at radius 1 is 1.00 bits per heavy atom. The maximum atomic E-state index is 13.2. The predicted molar refractivity (Wildman–Crippen MR) is 99.7 cm³/mol. The Labute approximate surface area is 155 Å². The smallest absolute Gasteiger partial charge is 0.339 e. The number of hydrogen-bond donors (Lipinski definition) is 2. The molecular formula is C20H16FN3O3. The summed E-state index contributed by atoms with van der Waals surface area (Å²) in [6.07, 6.45) is 1.47. The zero-order chi connectivity index (χ0) is 19.2. The normalized spacial score (nSPS) is 10.1. The first-order valence-electron chi connectivity index (χ1n) is 8.04. The molecule has 0 aliphatic heterocycles. The third-order valence-electron chi connectivity index (χ3n) is 3.69. The first-order chi connectivity index (χ1) is 13.1. The van der Waals surface area contributed by atoms with E-state index < -0.39 is 17.7 Å². The lowest BCUT2D eigenvalue weighted by atomic mass is 10.1. The average Bonchev–Trinajstić information content (AvgIpc) is 2.68. The van der Waals surface area contributed by atoms with Gasteiger partial charge in [-0.25, -0.2) is 14.2 Å². The molecule has 0 atom stereocenters. The second kappa shape index (κ2) is 8.09. The quantitative estimate of drug-likeness (QED) is 0.668. The number of rotatable bonds is 5. The summed E-state index contributed by atoms with van der Waals surface area (Å²) < 4.78 is 17.9. The fraction of sp³-hybridized carbons (Fsp3) is 0.0500. The third kappa shape index (κ3) is 4.46. The van der Waals surface area contributed by atoms with E-state index >= 15 is 0 Å². The molecule has 0 saturated heterocycles. The van der Waals surface area contributed by atoms with Gasteiger partial charge in [0.15, 0.2) is 0 Å². The molecular weight excluding hydrogens is 349 g/mol. The number of anilines is 3. The number of benzene rings is 2. The Bertz CT molecular complexity index is 974. The van der Waals surface area contributed by atoms with Gasteiger partial charge in [-0.3, -0.25) is 4.79 Å². The topological polar surface area (TPSA) is 80.3 Å². The lowest BCUT2D eigenvalue weighted by molar-refractivity contribution is 0.0601. The Morgan fingerprint density at radius 3 is 2.52 bits per heavy atom. The SMILES string of the molecule is COC(=O)c1ccccc1Nc1ccc(C(=O)Nc2cccc(F)c2)nc1. The molecule has 3 rings (SSSR count). The zero-order valence-electron chi connectivity index (χ0n) is 14.4. The predicted octanol–water partition coefficient (Wildman–Crippen LogP) is 4.00. The third-order valence-corrected chi connectivity index (χ3v) is 3.69. The maximum absolute atomic E-state index is 13.2. The summed E-state index contributed by atoms with van der Waals surface area (Å²) in [5.74, 6) is -1.36. The Hall–Kier alpha value is -3.74. The number of aromatic nitrogens is 1. The highest BCUT2D eigenvalue weighted by Gasteiger charge is 2.12. The van der Waals surface area contributed by atoms with Crippen molar-refractivity contribution >= 4 is 28.9 Å². The van der Waals surface area contributed by atoms with E-state index in [2.05, 4.69) is 15.6 Å². The lowest BCUT2D eigenvalue weighted by Gasteiger charge is -2.11. The van der Waals surface area contributed by atoms with Crippen LogP contribution in [0.4, 0.5) is 21.5 Å². The van der Waals surface area contributed by atoms with Crippen LogP contribution in [0, 0.1) is 5.82 Å². The van der Waals surface area contributed by atoms with Crippen LogP contribution >= 0.6 is 0 Å². The number of hydrogen-bond acceptors (Lipinski definition) is 5. The van der Waals surface area contributed by atoms with E-state index in [1.165, 1.54) is 37.6 Å². The summed E-state index contributed by atoms with van der Waals surface area (Å²) >= 11 is 0. The highest BCUT2D eigenvalue weighted by molar-refractivity contribution is 6.03. The van der Waals surface area contributed by atoms with E-state index in [1.54, 1.807) is 36.4 Å². The van der Waals surface area contributed by atoms with Gasteiger partial charge in [-0.1, -0.05) is 18.2 Å². The Morgan fingerprint density at radius 2 is 1.81 bits per heavy atom. The van der Waals surface area contributed by atoms with Gasteiger partial charge in [-0.05, 0) is 42.5 Å². The zero-order valence-corrected chi connectivity index (χ0v) is 14.4. The van der Waals surface area contributed by atoms with Crippen molar-refractivity contribution < 1.29 is 18.7 Å². The molecule has 0 aliphatic carbocycles. The minimum atomic E-state index is -0.461. The summed E-state index contributed by atoms with van der Waals surface area (Å²) in [6, 6.07) is 15.7. The van der Waals surface area contributed by atoms with E-state index in [1.807, 2.05) is 0 Å². The number of ether oxygens (including phenoxy) is 1. The van der Waals surface area contributed by atoms with Crippen molar-refractivity contribution in [2.24, 2.45) is 0 Å². The van der Waals surface area contributed by atoms with Gasteiger partial charge in [0.25, 0.3) is 5.91 Å². The molecule has 136 valence electrons. The number of pyridine rings is 1. The summed E-state index contributed by atoms with van der Waals surface area (Å²) in [5.41, 5.74) is 2.05. The Kier molecular flexibility index (Phi) is 5.41. The van der Waals surface area contributed by atoms with Crippen molar-refractivity contribution in [3.05, 3.63) is 83.9 Å². The molecule has 0 spiro atoms. The molecule has 1 aromatic heterocycles. The minimum Gasteiger partial charge on any atom is -0.465 e. The molecule has 0 unspecified atom stereocenters. The largest absolute Gasteiger partial charge is 0.465 e. The van der Waals surface area contributed by atoms with Crippen molar-refractivity contribution in [2.75, 3.05) is 17.7 Å². The van der Waals surface area contributed by atoms with Crippen LogP contribution in [0.2, 0.25) is 0 Å². The summed E-state index contributed by atoms with van der Waals surface area (Å²) in [4.78, 5) is 28.1. The van der Waals surface area contributed by atoms with E-state index in [9.17, 15) is 14.0 Å². The number of carbonyl (C=O) groups is 2. The molecule has 0 fully saturated rings. The van der Waals surface area contributed by atoms with Crippen LogP contribution in [-0.4, -0.2) is 24.0 Å². The number of nitrogens with zero attached hydrogens (tertiary/aromatic N) is 1. The van der Waals surface area contributed by atoms with Gasteiger partial charge < -0.3 is 15.4 Å². The van der Waals surface area contributed by atoms with Gasteiger partial charge in [-0.15, -0.1) is 0 Å². The standard InChI is InChI=1S/C20H16FN3O3/c1-27-20(26)16-7-2-3-8-17(16)23-15-9-10-18(22-12-15)19(25)24-14-6-4-5-13(21)11-14/h2-12,23H,1H3,(H,24,25). The monoisotopic (exact) mass is 365 g/mol. The van der Waals surface area contributed by atoms with E-state index in [4.69, 9.17) is 4.74 Å². The van der Waals surface area contributed by atoms with Gasteiger partial charge in [0.05, 0.1) is 30.2 Å². The molecule has 0 saturated carbocycles. The number of halogens is 1. The molecule has 6 nitrogen and oxygen atoms in total. The second-order valence-electron chi connectivity index (χ2n) is 5.56. The molecule has 3 aromatic rings. The molecule has 0 aliphatic rings. The van der Waals surface area contributed by atoms with Gasteiger partial charge in [0.2, 0.25) is 0 Å². The number of carbonyl (C=O) groups excluding carboxylic acids is 2. The van der Waals surface area contributed by atoms with Crippen LogP contribution in [0.25, 0.3) is 0 Å². The molecule has 0 bridgehead atoms. The lowest BCUT2D eigenvalue weighted by Crippen LogP contribution is -2.13. The molecule has 7 heteroatoms. The van der Waals surface area contributed by atoms with E-state index in [0.29, 0.717) is 22.6 Å². The molecule has 2 N–H and O–H groups in total. The maximum Gasteiger partial charge on any atom is 0.339 e. The average molecular weight is 365 g/mol. The summed E-state index contributed by atoms with van der Waals surface area (Å²) in [7, 11) is 1.31. The van der Waals surface area contributed by atoms with Gasteiger partial charge in [0.1, 0.15) is 11.5 Å². The first kappa shape index (κ1) is 18.1. The number of methoxy groups -OCH3 is 1. The van der Waals surface area contributed by atoms with Gasteiger partial charge >= 0.3 is 5.97 Å². The van der Waals surface area contributed by atoms with Crippen LogP contribution in [0.15, 0.2) is 66.9 Å². The van der Waals surface area contributed by atoms with Crippen molar-refractivity contribution in [2.45, 2.75) is 0 Å². The van der Waals surface area contributed by atoms with E-state index in [0.717, 1.165) is 0 Å². The molecule has 2 aromatic carbocycles. The first-order valence-corrected chi connectivity index (χ1v) is 8.04. The van der Waals surface area contributed by atoms with Crippen molar-refractivity contribution in [3.8, 4) is 0 Å². The van der Waals surface area contributed by atoms with Crippen LogP contribution in [-0.2, 0) is 4.74 Å². The second-order valence-corrected chi connectivity index (χ2v) is 5.56. The number of nitrogens with one attached hydrogen (secondary N) is 2. The fourth-order valence-corrected chi connectivity index (χ4v) is 2.40. The van der Waals surface area contributed by atoms with E-state index in [-0.39, 0.29) is 5.69 Å². The highest BCUT2D eigenvalue weighted by Crippen LogP contribution is 2.21. The summed E-state index contributed by atoms with van der Waals surface area (Å²) in [5, 5.41) is 5.64. The van der Waals surface area contributed by atoms with Crippen LogP contribution in [0.1, 0.15) is 20.8 Å². The van der Waals surface area contributed by atoms with Crippen LogP contribution in [0.3, 0.4) is 0 Å². The van der Waals surface area contributed by atoms with Crippen molar-refractivity contribution in [1.29, 1.82) is 0 Å². The number of esters is 1. The summed E-state index contributed by atoms with van der Waals surface area (Å²) in [6.45, 7) is 0.